The van der Waals surface area contributed by atoms with Crippen LogP contribution in [0.15, 0.2) is 18.2 Å². The summed E-state index contributed by atoms with van der Waals surface area (Å²) < 4.78 is 15.5. The molecule has 2 aromatic rings. The standard InChI is InChI=1S/C11H9ClFNS/c1-6-10(15)8-5-7(13)3-4-9(8)14(2)11(6)12/h3-5H,1-2H3. The second-order valence-electron chi connectivity index (χ2n) is 3.47. The lowest BCUT2D eigenvalue weighted by Gasteiger charge is -2.11. The van der Waals surface area contributed by atoms with Crippen molar-refractivity contribution in [3.63, 3.8) is 0 Å². The van der Waals surface area contributed by atoms with Gasteiger partial charge in [-0.05, 0) is 25.1 Å². The zero-order chi connectivity index (χ0) is 11.2. The van der Waals surface area contributed by atoms with Crippen molar-refractivity contribution < 1.29 is 4.39 Å². The smallest absolute Gasteiger partial charge is 0.124 e. The lowest BCUT2D eigenvalue weighted by molar-refractivity contribution is 0.629. The molecule has 1 aromatic heterocycles. The van der Waals surface area contributed by atoms with Crippen LogP contribution >= 0.6 is 23.8 Å². The number of benzene rings is 1. The highest BCUT2D eigenvalue weighted by Crippen LogP contribution is 2.25. The van der Waals surface area contributed by atoms with Crippen LogP contribution in [0.1, 0.15) is 5.56 Å². The van der Waals surface area contributed by atoms with Gasteiger partial charge in [0.1, 0.15) is 11.0 Å². The number of nitrogens with zero attached hydrogens (tertiary/aromatic N) is 1. The van der Waals surface area contributed by atoms with Gasteiger partial charge in [0.25, 0.3) is 0 Å². The molecule has 0 radical (unpaired) electrons. The maximum absolute atomic E-state index is 13.1. The second-order valence-corrected chi connectivity index (χ2v) is 4.23. The van der Waals surface area contributed by atoms with E-state index in [9.17, 15) is 4.39 Å². The van der Waals surface area contributed by atoms with Gasteiger partial charge in [-0.25, -0.2) is 4.39 Å². The van der Waals surface area contributed by atoms with Gasteiger partial charge < -0.3 is 4.57 Å². The minimum absolute atomic E-state index is 0.282. The van der Waals surface area contributed by atoms with Crippen molar-refractivity contribution in [3.05, 3.63) is 39.2 Å². The summed E-state index contributed by atoms with van der Waals surface area (Å²) in [6.07, 6.45) is 0. The first-order valence-electron chi connectivity index (χ1n) is 4.46. The van der Waals surface area contributed by atoms with Crippen LogP contribution in [-0.2, 0) is 7.05 Å². The predicted octanol–water partition coefficient (Wildman–Crippen LogP) is 4.01. The van der Waals surface area contributed by atoms with Gasteiger partial charge in [0.15, 0.2) is 0 Å². The zero-order valence-corrected chi connectivity index (χ0v) is 9.92. The molecule has 15 heavy (non-hydrogen) atoms. The molecule has 78 valence electrons. The Kier molecular flexibility index (Phi) is 2.52. The van der Waals surface area contributed by atoms with Gasteiger partial charge in [0.05, 0.1) is 10.0 Å². The lowest BCUT2D eigenvalue weighted by Crippen LogP contribution is -1.98. The number of rotatable bonds is 0. The molecular formula is C11H9ClFNS. The van der Waals surface area contributed by atoms with Gasteiger partial charge in [-0.2, -0.15) is 0 Å². The Hall–Kier alpha value is -0.930. The molecule has 1 heterocycles. The molecule has 0 amide bonds. The van der Waals surface area contributed by atoms with Crippen molar-refractivity contribution in [2.75, 3.05) is 0 Å². The van der Waals surface area contributed by atoms with Gasteiger partial charge in [0, 0.05) is 18.0 Å². The van der Waals surface area contributed by atoms with Crippen molar-refractivity contribution in [1.29, 1.82) is 0 Å². The maximum Gasteiger partial charge on any atom is 0.124 e. The Morgan fingerprint density at radius 1 is 1.40 bits per heavy atom. The number of aryl methyl sites for hydroxylation is 1. The SMILES string of the molecule is Cc1c(Cl)n(C)c2ccc(F)cc2c1=S. The van der Waals surface area contributed by atoms with Crippen molar-refractivity contribution >= 4 is 34.7 Å². The molecule has 0 aliphatic carbocycles. The van der Waals surface area contributed by atoms with Crippen molar-refractivity contribution in [2.24, 2.45) is 7.05 Å². The number of pyridine rings is 1. The molecule has 0 bridgehead atoms. The molecular weight excluding hydrogens is 233 g/mol. The zero-order valence-electron chi connectivity index (χ0n) is 8.34. The van der Waals surface area contributed by atoms with E-state index >= 15 is 0 Å². The Balaban J connectivity index is 3.08. The molecule has 0 unspecified atom stereocenters. The number of hydrogen-bond acceptors (Lipinski definition) is 1. The van der Waals surface area contributed by atoms with Crippen LogP contribution < -0.4 is 0 Å². The van der Waals surface area contributed by atoms with Gasteiger partial charge in [-0.15, -0.1) is 0 Å². The predicted molar refractivity (Wildman–Crippen MR) is 63.5 cm³/mol. The van der Waals surface area contributed by atoms with Crippen LogP contribution in [0.5, 0.6) is 0 Å². The largest absolute Gasteiger partial charge is 0.334 e. The highest BCUT2D eigenvalue weighted by Gasteiger charge is 2.07. The third-order valence-electron chi connectivity index (χ3n) is 2.51. The van der Waals surface area contributed by atoms with E-state index in [0.29, 0.717) is 9.66 Å². The molecule has 0 aliphatic rings. The van der Waals surface area contributed by atoms with Gasteiger partial charge >= 0.3 is 0 Å². The van der Waals surface area contributed by atoms with Crippen LogP contribution in [0.4, 0.5) is 4.39 Å². The first kappa shape index (κ1) is 10.6. The van der Waals surface area contributed by atoms with Crippen molar-refractivity contribution in [2.45, 2.75) is 6.92 Å². The Labute approximate surface area is 97.1 Å². The lowest BCUT2D eigenvalue weighted by atomic mass is 10.1. The highest BCUT2D eigenvalue weighted by molar-refractivity contribution is 7.71. The number of aromatic nitrogens is 1. The van der Waals surface area contributed by atoms with Gasteiger partial charge in [0.2, 0.25) is 0 Å². The van der Waals surface area contributed by atoms with E-state index in [-0.39, 0.29) is 5.82 Å². The summed E-state index contributed by atoms with van der Waals surface area (Å²) in [5.41, 5.74) is 1.66. The molecule has 0 saturated heterocycles. The topological polar surface area (TPSA) is 4.93 Å². The Morgan fingerprint density at radius 2 is 2.07 bits per heavy atom. The summed E-state index contributed by atoms with van der Waals surface area (Å²) >= 11 is 11.3. The van der Waals surface area contributed by atoms with Crippen LogP contribution in [0, 0.1) is 17.3 Å². The van der Waals surface area contributed by atoms with E-state index < -0.39 is 0 Å². The minimum atomic E-state index is -0.282. The van der Waals surface area contributed by atoms with E-state index in [4.69, 9.17) is 23.8 Å². The first-order chi connectivity index (χ1) is 7.02. The highest BCUT2D eigenvalue weighted by atomic mass is 35.5. The second kappa shape index (κ2) is 3.58. The third kappa shape index (κ3) is 1.56. The monoisotopic (exact) mass is 241 g/mol. The molecule has 0 atom stereocenters. The maximum atomic E-state index is 13.1. The average Bonchev–Trinajstić information content (AvgIpc) is 2.23. The number of halogens is 2. The van der Waals surface area contributed by atoms with Gasteiger partial charge in [-0.3, -0.25) is 0 Å². The van der Waals surface area contributed by atoms with E-state index in [0.717, 1.165) is 16.5 Å². The summed E-state index contributed by atoms with van der Waals surface area (Å²) in [5.74, 6) is -0.282. The summed E-state index contributed by atoms with van der Waals surface area (Å²) in [7, 11) is 1.84. The molecule has 0 fully saturated rings. The van der Waals surface area contributed by atoms with Crippen LogP contribution in [0.3, 0.4) is 0 Å². The van der Waals surface area contributed by atoms with E-state index in [1.54, 1.807) is 6.07 Å². The normalized spacial score (nSPS) is 10.9. The van der Waals surface area contributed by atoms with Crippen molar-refractivity contribution in [1.82, 2.24) is 4.57 Å². The van der Waals surface area contributed by atoms with Gasteiger partial charge in [-0.1, -0.05) is 23.8 Å². The van der Waals surface area contributed by atoms with E-state index in [2.05, 4.69) is 0 Å². The molecule has 0 spiro atoms. The number of hydrogen-bond donors (Lipinski definition) is 0. The van der Waals surface area contributed by atoms with Crippen LogP contribution in [0.2, 0.25) is 5.15 Å². The molecule has 0 N–H and O–H groups in total. The number of fused-ring (bicyclic) bond motifs is 1. The molecule has 0 aliphatic heterocycles. The molecule has 1 aromatic carbocycles. The minimum Gasteiger partial charge on any atom is -0.334 e. The third-order valence-corrected chi connectivity index (χ3v) is 3.57. The fourth-order valence-electron chi connectivity index (χ4n) is 1.64. The molecule has 4 heteroatoms. The summed E-state index contributed by atoms with van der Waals surface area (Å²) in [4.78, 5) is 0. The summed E-state index contributed by atoms with van der Waals surface area (Å²) in [6.45, 7) is 1.84. The fourth-order valence-corrected chi connectivity index (χ4v) is 2.14. The Bertz CT molecular complexity index is 604. The molecule has 0 saturated carbocycles. The summed E-state index contributed by atoms with van der Waals surface area (Å²) in [5, 5.41) is 1.33. The van der Waals surface area contributed by atoms with E-state index in [1.165, 1.54) is 12.1 Å². The van der Waals surface area contributed by atoms with Crippen LogP contribution in [-0.4, -0.2) is 4.57 Å². The quantitative estimate of drug-likeness (QED) is 0.498. The summed E-state index contributed by atoms with van der Waals surface area (Å²) in [6, 6.07) is 4.54. The average molecular weight is 242 g/mol. The van der Waals surface area contributed by atoms with Crippen molar-refractivity contribution in [3.8, 4) is 0 Å². The molecule has 2 rings (SSSR count). The van der Waals surface area contributed by atoms with Crippen LogP contribution in [0.25, 0.3) is 10.9 Å². The molecule has 1 nitrogen and oxygen atoms in total. The first-order valence-corrected chi connectivity index (χ1v) is 5.25. The Morgan fingerprint density at radius 3 is 2.73 bits per heavy atom. The van der Waals surface area contributed by atoms with E-state index in [1.807, 2.05) is 18.5 Å². The fraction of sp³-hybridized carbons (Fsp3) is 0.182.